The van der Waals surface area contributed by atoms with Crippen LogP contribution < -0.4 is 4.74 Å². The molecule has 0 bridgehead atoms. The molecule has 70 valence electrons. The summed E-state index contributed by atoms with van der Waals surface area (Å²) in [6, 6.07) is 0.323. The van der Waals surface area contributed by atoms with Crippen LogP contribution >= 0.6 is 0 Å². The van der Waals surface area contributed by atoms with Crippen molar-refractivity contribution < 1.29 is 4.74 Å². The highest BCUT2D eigenvalue weighted by Gasteiger charge is 2.08. The SMILES string of the molecule is [C-]#[N+]Cc1c[nH]c2cnc(OC)nc12. The van der Waals surface area contributed by atoms with Crippen LogP contribution in [0.25, 0.3) is 15.9 Å². The Morgan fingerprint density at radius 3 is 3.21 bits per heavy atom. The number of ether oxygens (including phenoxy) is 1. The van der Waals surface area contributed by atoms with Crippen molar-refractivity contribution in [3.63, 3.8) is 0 Å². The normalized spacial score (nSPS) is 10.0. The fourth-order valence-corrected chi connectivity index (χ4v) is 1.25. The number of hydrogen-bond donors (Lipinski definition) is 1. The smallest absolute Gasteiger partial charge is 0.316 e. The van der Waals surface area contributed by atoms with Crippen LogP contribution in [0.5, 0.6) is 6.01 Å². The lowest BCUT2D eigenvalue weighted by atomic mass is 10.3. The molecule has 0 radical (unpaired) electrons. The van der Waals surface area contributed by atoms with E-state index in [1.807, 2.05) is 0 Å². The maximum absolute atomic E-state index is 6.79. The monoisotopic (exact) mass is 188 g/mol. The molecule has 5 nitrogen and oxygen atoms in total. The summed E-state index contributed by atoms with van der Waals surface area (Å²) in [6.07, 6.45) is 3.42. The quantitative estimate of drug-likeness (QED) is 0.724. The molecule has 2 rings (SSSR count). The molecule has 0 saturated carbocycles. The number of nitrogens with zero attached hydrogens (tertiary/aromatic N) is 3. The third-order valence-electron chi connectivity index (χ3n) is 1.90. The molecule has 0 atom stereocenters. The van der Waals surface area contributed by atoms with E-state index >= 15 is 0 Å². The van der Waals surface area contributed by atoms with Crippen molar-refractivity contribution in [3.05, 3.63) is 29.4 Å². The molecule has 0 aliphatic rings. The van der Waals surface area contributed by atoms with Crippen molar-refractivity contribution in [1.29, 1.82) is 0 Å². The Kier molecular flexibility index (Phi) is 2.03. The Labute approximate surface area is 80.6 Å². The van der Waals surface area contributed by atoms with Crippen molar-refractivity contribution >= 4 is 11.0 Å². The van der Waals surface area contributed by atoms with Gasteiger partial charge in [-0.05, 0) is 0 Å². The van der Waals surface area contributed by atoms with Crippen LogP contribution in [0.1, 0.15) is 5.56 Å². The molecule has 5 heteroatoms. The molecule has 0 spiro atoms. The maximum atomic E-state index is 6.79. The molecule has 0 saturated heterocycles. The second kappa shape index (κ2) is 3.34. The molecule has 14 heavy (non-hydrogen) atoms. The molecule has 2 aromatic rings. The number of fused-ring (bicyclic) bond motifs is 1. The van der Waals surface area contributed by atoms with Gasteiger partial charge < -0.3 is 14.6 Å². The third-order valence-corrected chi connectivity index (χ3v) is 1.90. The van der Waals surface area contributed by atoms with Gasteiger partial charge in [0.2, 0.25) is 6.54 Å². The van der Waals surface area contributed by atoms with Gasteiger partial charge in [0.1, 0.15) is 5.52 Å². The number of aromatic amines is 1. The first-order valence-corrected chi connectivity index (χ1v) is 4.05. The molecule has 2 heterocycles. The zero-order valence-corrected chi connectivity index (χ0v) is 7.61. The van der Waals surface area contributed by atoms with Crippen molar-refractivity contribution in [1.82, 2.24) is 15.0 Å². The lowest BCUT2D eigenvalue weighted by Crippen LogP contribution is -1.91. The standard InChI is InChI=1S/C9H8N4O/c1-10-3-6-4-11-7-5-12-9(14-2)13-8(6)7/h4-5,11H,3H2,2H3. The second-order valence-electron chi connectivity index (χ2n) is 2.75. The van der Waals surface area contributed by atoms with Crippen molar-refractivity contribution in [2.45, 2.75) is 6.54 Å². The van der Waals surface area contributed by atoms with Crippen molar-refractivity contribution in [3.8, 4) is 6.01 Å². The van der Waals surface area contributed by atoms with Gasteiger partial charge in [0.05, 0.1) is 24.4 Å². The molecule has 0 aliphatic carbocycles. The summed E-state index contributed by atoms with van der Waals surface area (Å²) in [7, 11) is 1.52. The summed E-state index contributed by atoms with van der Waals surface area (Å²) < 4.78 is 4.91. The molecule has 1 N–H and O–H groups in total. The minimum Gasteiger partial charge on any atom is -0.467 e. The van der Waals surface area contributed by atoms with Gasteiger partial charge in [-0.1, -0.05) is 0 Å². The predicted molar refractivity (Wildman–Crippen MR) is 50.7 cm³/mol. The second-order valence-corrected chi connectivity index (χ2v) is 2.75. The van der Waals surface area contributed by atoms with E-state index in [4.69, 9.17) is 11.3 Å². The topological polar surface area (TPSA) is 55.2 Å². The summed E-state index contributed by atoms with van der Waals surface area (Å²) >= 11 is 0. The molecule has 2 aromatic heterocycles. The average Bonchev–Trinajstić information content (AvgIpc) is 2.61. The molecule has 0 aromatic carbocycles. The van der Waals surface area contributed by atoms with E-state index in [-0.39, 0.29) is 0 Å². The Morgan fingerprint density at radius 2 is 2.50 bits per heavy atom. The Morgan fingerprint density at radius 1 is 1.64 bits per heavy atom. The summed E-state index contributed by atoms with van der Waals surface area (Å²) in [6.45, 7) is 7.11. The van der Waals surface area contributed by atoms with E-state index in [1.165, 1.54) is 7.11 Å². The zero-order valence-electron chi connectivity index (χ0n) is 7.61. The number of H-pyrrole nitrogens is 1. The predicted octanol–water partition coefficient (Wildman–Crippen LogP) is 1.39. The molecule has 0 aliphatic heterocycles. The number of aromatic nitrogens is 3. The zero-order chi connectivity index (χ0) is 9.97. The van der Waals surface area contributed by atoms with E-state index in [0.717, 1.165) is 16.6 Å². The summed E-state index contributed by atoms with van der Waals surface area (Å²) in [5.74, 6) is 0. The van der Waals surface area contributed by atoms with Gasteiger partial charge in [-0.25, -0.2) is 11.6 Å². The fourth-order valence-electron chi connectivity index (χ4n) is 1.25. The number of rotatable bonds is 2. The van der Waals surface area contributed by atoms with Crippen LogP contribution in [0, 0.1) is 6.57 Å². The number of methoxy groups -OCH3 is 1. The lowest BCUT2D eigenvalue weighted by Gasteiger charge is -1.96. The summed E-state index contributed by atoms with van der Waals surface area (Å²) in [5, 5.41) is 0. The highest BCUT2D eigenvalue weighted by atomic mass is 16.5. The van der Waals surface area contributed by atoms with Crippen LogP contribution in [0.4, 0.5) is 0 Å². The molecular weight excluding hydrogens is 180 g/mol. The van der Waals surface area contributed by atoms with E-state index < -0.39 is 0 Å². The van der Waals surface area contributed by atoms with Gasteiger partial charge >= 0.3 is 6.01 Å². The average molecular weight is 188 g/mol. The lowest BCUT2D eigenvalue weighted by molar-refractivity contribution is 0.381. The first-order valence-electron chi connectivity index (χ1n) is 4.05. The van der Waals surface area contributed by atoms with Gasteiger partial charge in [0, 0.05) is 6.20 Å². The Hall–Kier alpha value is -2.09. The van der Waals surface area contributed by atoms with Gasteiger partial charge in [-0.15, -0.1) is 0 Å². The number of nitrogens with one attached hydrogen (secondary N) is 1. The minimum absolute atomic E-state index is 0.320. The van der Waals surface area contributed by atoms with Gasteiger partial charge in [-0.2, -0.15) is 4.98 Å². The highest BCUT2D eigenvalue weighted by molar-refractivity contribution is 5.78. The van der Waals surface area contributed by atoms with Gasteiger partial charge in [0.15, 0.2) is 0 Å². The van der Waals surface area contributed by atoms with E-state index in [0.29, 0.717) is 12.6 Å². The Balaban J connectivity index is 2.59. The van der Waals surface area contributed by atoms with Crippen LogP contribution in [0.3, 0.4) is 0 Å². The molecule has 0 unspecified atom stereocenters. The van der Waals surface area contributed by atoms with Crippen molar-refractivity contribution in [2.24, 2.45) is 0 Å². The van der Waals surface area contributed by atoms with Crippen molar-refractivity contribution in [2.75, 3.05) is 7.11 Å². The first kappa shape index (κ1) is 8.51. The van der Waals surface area contributed by atoms with Gasteiger partial charge in [0.25, 0.3) is 0 Å². The first-order chi connectivity index (χ1) is 6.85. The summed E-state index contributed by atoms with van der Waals surface area (Å²) in [4.78, 5) is 14.4. The largest absolute Gasteiger partial charge is 0.467 e. The van der Waals surface area contributed by atoms with Crippen LogP contribution in [-0.2, 0) is 6.54 Å². The fraction of sp³-hybridized carbons (Fsp3) is 0.222. The van der Waals surface area contributed by atoms with E-state index in [2.05, 4.69) is 19.8 Å². The summed E-state index contributed by atoms with van der Waals surface area (Å²) in [5.41, 5.74) is 2.45. The Bertz CT molecular complexity index is 497. The van der Waals surface area contributed by atoms with E-state index in [9.17, 15) is 0 Å². The van der Waals surface area contributed by atoms with Crippen LogP contribution in [0.15, 0.2) is 12.4 Å². The van der Waals surface area contributed by atoms with Gasteiger partial charge in [-0.3, -0.25) is 0 Å². The number of hydrogen-bond acceptors (Lipinski definition) is 3. The van der Waals surface area contributed by atoms with Crippen LogP contribution in [-0.4, -0.2) is 22.1 Å². The van der Waals surface area contributed by atoms with E-state index in [1.54, 1.807) is 12.4 Å². The van der Waals surface area contributed by atoms with Crippen LogP contribution in [0.2, 0.25) is 0 Å². The minimum atomic E-state index is 0.320. The third kappa shape index (κ3) is 1.27. The highest BCUT2D eigenvalue weighted by Crippen LogP contribution is 2.17. The molecule has 0 fully saturated rings. The molecular formula is C9H8N4O. The molecule has 0 amide bonds. The maximum Gasteiger partial charge on any atom is 0.316 e.